The fraction of sp³-hybridized carbons (Fsp3) is 0.778. The standard InChI is InChI=1S/C27H38O3/c1-4-7-8-9-25(29)30-27(6-3)17-15-24-23-12-10-19-18-20(28)11-13-21(19)22(23)14-16-26(24,27)5-2/h3,18,21-24H,4-5,7-17H2,1-2H3/t21-,22+,23+,24-,26-,27+/m0/s1. The predicted octanol–water partition coefficient (Wildman–Crippen LogP) is 6.01. The summed E-state index contributed by atoms with van der Waals surface area (Å²) in [4.78, 5) is 24.6. The highest BCUT2D eigenvalue weighted by Crippen LogP contribution is 2.67. The van der Waals surface area contributed by atoms with Gasteiger partial charge in [0.1, 0.15) is 0 Å². The molecule has 4 rings (SSSR count). The van der Waals surface area contributed by atoms with Gasteiger partial charge in [0, 0.05) is 18.3 Å². The smallest absolute Gasteiger partial charge is 0.307 e. The van der Waals surface area contributed by atoms with Crippen molar-refractivity contribution in [2.75, 3.05) is 0 Å². The molecule has 4 aliphatic carbocycles. The van der Waals surface area contributed by atoms with Crippen LogP contribution >= 0.6 is 0 Å². The molecule has 3 fully saturated rings. The Balaban J connectivity index is 1.57. The van der Waals surface area contributed by atoms with Gasteiger partial charge in [-0.05, 0) is 87.5 Å². The molecule has 0 aliphatic heterocycles. The Morgan fingerprint density at radius 2 is 1.97 bits per heavy atom. The summed E-state index contributed by atoms with van der Waals surface area (Å²) in [6.45, 7) is 4.40. The van der Waals surface area contributed by atoms with Crippen molar-refractivity contribution < 1.29 is 14.3 Å². The largest absolute Gasteiger partial charge is 0.445 e. The van der Waals surface area contributed by atoms with Crippen LogP contribution in [0.5, 0.6) is 0 Å². The number of rotatable bonds is 6. The fourth-order valence-electron chi connectivity index (χ4n) is 7.88. The maximum absolute atomic E-state index is 12.7. The predicted molar refractivity (Wildman–Crippen MR) is 119 cm³/mol. The Kier molecular flexibility index (Phi) is 6.16. The summed E-state index contributed by atoms with van der Waals surface area (Å²) in [5.41, 5.74) is 0.619. The second kappa shape index (κ2) is 8.52. The number of esters is 1. The Morgan fingerprint density at radius 3 is 2.70 bits per heavy atom. The van der Waals surface area contributed by atoms with Gasteiger partial charge in [-0.3, -0.25) is 9.59 Å². The molecule has 0 aromatic heterocycles. The molecule has 164 valence electrons. The van der Waals surface area contributed by atoms with Crippen LogP contribution in [0.3, 0.4) is 0 Å². The number of terminal acetylenes is 1. The van der Waals surface area contributed by atoms with Gasteiger partial charge in [0.15, 0.2) is 11.4 Å². The summed E-state index contributed by atoms with van der Waals surface area (Å²) in [5, 5.41) is 0. The molecule has 0 amide bonds. The van der Waals surface area contributed by atoms with Crippen molar-refractivity contribution in [3.05, 3.63) is 11.6 Å². The molecule has 6 atom stereocenters. The van der Waals surface area contributed by atoms with Crippen molar-refractivity contribution in [3.63, 3.8) is 0 Å². The maximum atomic E-state index is 12.7. The van der Waals surface area contributed by atoms with E-state index in [4.69, 9.17) is 11.2 Å². The van der Waals surface area contributed by atoms with Gasteiger partial charge in [-0.2, -0.15) is 0 Å². The first-order valence-corrected chi connectivity index (χ1v) is 12.4. The van der Waals surface area contributed by atoms with E-state index in [1.165, 1.54) is 5.57 Å². The van der Waals surface area contributed by atoms with Gasteiger partial charge in [-0.15, -0.1) is 6.42 Å². The molecule has 0 bridgehead atoms. The van der Waals surface area contributed by atoms with E-state index in [2.05, 4.69) is 19.8 Å². The average molecular weight is 411 g/mol. The third-order valence-corrected chi connectivity index (χ3v) is 9.26. The second-order valence-corrected chi connectivity index (χ2v) is 10.3. The number of carbonyl (C=O) groups excluding carboxylic acids is 2. The van der Waals surface area contributed by atoms with Crippen molar-refractivity contribution in [2.45, 2.75) is 103 Å². The van der Waals surface area contributed by atoms with Gasteiger partial charge in [0.25, 0.3) is 0 Å². The lowest BCUT2D eigenvalue weighted by atomic mass is 9.49. The van der Waals surface area contributed by atoms with Gasteiger partial charge in [-0.25, -0.2) is 0 Å². The van der Waals surface area contributed by atoms with Crippen molar-refractivity contribution in [1.82, 2.24) is 0 Å². The Hall–Kier alpha value is -1.56. The first kappa shape index (κ1) is 21.7. The molecule has 4 aliphatic rings. The van der Waals surface area contributed by atoms with Gasteiger partial charge >= 0.3 is 5.97 Å². The molecule has 0 heterocycles. The molecular formula is C27H38O3. The highest BCUT2D eigenvalue weighted by Gasteiger charge is 2.65. The highest BCUT2D eigenvalue weighted by atomic mass is 16.6. The second-order valence-electron chi connectivity index (χ2n) is 10.3. The van der Waals surface area contributed by atoms with Crippen molar-refractivity contribution in [1.29, 1.82) is 0 Å². The first-order chi connectivity index (χ1) is 14.5. The summed E-state index contributed by atoms with van der Waals surface area (Å²) in [6, 6.07) is 0. The van der Waals surface area contributed by atoms with Crippen LogP contribution in [0.1, 0.15) is 97.3 Å². The Morgan fingerprint density at radius 1 is 1.13 bits per heavy atom. The molecule has 30 heavy (non-hydrogen) atoms. The van der Waals surface area contributed by atoms with Gasteiger partial charge in [0.2, 0.25) is 0 Å². The molecule has 3 saturated carbocycles. The first-order valence-electron chi connectivity index (χ1n) is 12.4. The van der Waals surface area contributed by atoms with E-state index in [0.29, 0.717) is 42.3 Å². The van der Waals surface area contributed by atoms with E-state index in [-0.39, 0.29) is 11.4 Å². The molecule has 3 nitrogen and oxygen atoms in total. The highest BCUT2D eigenvalue weighted by molar-refractivity contribution is 5.91. The van der Waals surface area contributed by atoms with Crippen LogP contribution < -0.4 is 0 Å². The Bertz CT molecular complexity index is 759. The molecule has 3 heteroatoms. The number of ether oxygens (including phenoxy) is 1. The van der Waals surface area contributed by atoms with E-state index in [1.54, 1.807) is 0 Å². The van der Waals surface area contributed by atoms with Crippen LogP contribution in [0.25, 0.3) is 0 Å². The number of hydrogen-bond acceptors (Lipinski definition) is 3. The number of carbonyl (C=O) groups is 2. The quantitative estimate of drug-likeness (QED) is 0.306. The van der Waals surface area contributed by atoms with E-state index in [1.807, 2.05) is 6.08 Å². The minimum Gasteiger partial charge on any atom is -0.445 e. The number of allylic oxidation sites excluding steroid dienone is 1. The number of ketones is 1. The van der Waals surface area contributed by atoms with Crippen molar-refractivity contribution in [2.24, 2.45) is 29.1 Å². The summed E-state index contributed by atoms with van der Waals surface area (Å²) in [5.74, 6) is 5.73. The van der Waals surface area contributed by atoms with E-state index >= 15 is 0 Å². The lowest BCUT2D eigenvalue weighted by Gasteiger charge is -2.56. The minimum absolute atomic E-state index is 0.0744. The molecule has 0 saturated heterocycles. The molecule has 0 unspecified atom stereocenters. The number of unbranched alkanes of at least 4 members (excludes halogenated alkanes) is 2. The summed E-state index contributed by atoms with van der Waals surface area (Å²) in [6.07, 6.45) is 20.7. The zero-order valence-electron chi connectivity index (χ0n) is 18.9. The summed E-state index contributed by atoms with van der Waals surface area (Å²) in [7, 11) is 0. The average Bonchev–Trinajstić information content (AvgIpc) is 3.08. The molecule has 0 N–H and O–H groups in total. The van der Waals surface area contributed by atoms with Crippen molar-refractivity contribution >= 4 is 11.8 Å². The lowest BCUT2D eigenvalue weighted by Crippen LogP contribution is -2.55. The summed E-state index contributed by atoms with van der Waals surface area (Å²) < 4.78 is 6.23. The lowest BCUT2D eigenvalue weighted by molar-refractivity contribution is -0.173. The summed E-state index contributed by atoms with van der Waals surface area (Å²) >= 11 is 0. The molecule has 0 aromatic rings. The monoisotopic (exact) mass is 410 g/mol. The van der Waals surface area contributed by atoms with E-state index < -0.39 is 5.60 Å². The van der Waals surface area contributed by atoms with Crippen LogP contribution in [0.2, 0.25) is 0 Å². The minimum atomic E-state index is -0.723. The molecule has 0 spiro atoms. The maximum Gasteiger partial charge on any atom is 0.307 e. The topological polar surface area (TPSA) is 43.4 Å². The number of hydrogen-bond donors (Lipinski definition) is 0. The van der Waals surface area contributed by atoms with Crippen molar-refractivity contribution in [3.8, 4) is 12.3 Å². The third kappa shape index (κ3) is 3.35. The van der Waals surface area contributed by atoms with Crippen LogP contribution in [-0.4, -0.2) is 17.4 Å². The SMILES string of the molecule is C#C[C@@]1(OC(=O)CCCCC)CC[C@H]2[C@@H]3CCC4=CC(=O)CC[C@@H]4[C@H]3CC[C@@]21CC. The zero-order valence-corrected chi connectivity index (χ0v) is 18.9. The van der Waals surface area contributed by atoms with E-state index in [0.717, 1.165) is 70.6 Å². The fourth-order valence-corrected chi connectivity index (χ4v) is 7.88. The third-order valence-electron chi connectivity index (χ3n) is 9.26. The van der Waals surface area contributed by atoms with Crippen LogP contribution in [-0.2, 0) is 14.3 Å². The van der Waals surface area contributed by atoms with Gasteiger partial charge in [-0.1, -0.05) is 38.2 Å². The van der Waals surface area contributed by atoms with Crippen LogP contribution in [0.15, 0.2) is 11.6 Å². The van der Waals surface area contributed by atoms with Gasteiger partial charge in [0.05, 0.1) is 0 Å². The number of fused-ring (bicyclic) bond motifs is 5. The normalized spacial score (nSPS) is 39.9. The molecule has 0 aromatic carbocycles. The van der Waals surface area contributed by atoms with Crippen LogP contribution in [0.4, 0.5) is 0 Å². The zero-order chi connectivity index (χ0) is 21.4. The molecular weight excluding hydrogens is 372 g/mol. The van der Waals surface area contributed by atoms with Gasteiger partial charge < -0.3 is 4.74 Å². The Labute approximate surface area is 182 Å². The van der Waals surface area contributed by atoms with E-state index in [9.17, 15) is 9.59 Å². The molecule has 0 radical (unpaired) electrons. The van der Waals surface area contributed by atoms with Crippen LogP contribution in [0, 0.1) is 41.4 Å².